The predicted octanol–water partition coefficient (Wildman–Crippen LogP) is 1.61. The van der Waals surface area contributed by atoms with Crippen molar-refractivity contribution in [2.75, 3.05) is 6.61 Å². The molecule has 1 unspecified atom stereocenters. The Morgan fingerprint density at radius 1 is 1.50 bits per heavy atom. The van der Waals surface area contributed by atoms with E-state index >= 15 is 0 Å². The van der Waals surface area contributed by atoms with E-state index in [2.05, 4.69) is 0 Å². The highest BCUT2D eigenvalue weighted by atomic mass is 16.5. The fraction of sp³-hybridized carbons (Fsp3) is 0.600. The monoisotopic (exact) mass is 200 g/mol. The Bertz CT molecular complexity index is 243. The van der Waals surface area contributed by atoms with Gasteiger partial charge in [-0.1, -0.05) is 18.6 Å². The second-order valence-electron chi connectivity index (χ2n) is 2.97. The summed E-state index contributed by atoms with van der Waals surface area (Å²) in [6.07, 6.45) is 2.29. The highest BCUT2D eigenvalue weighted by Gasteiger charge is 2.28. The Hall–Kier alpha value is -1.32. The van der Waals surface area contributed by atoms with E-state index in [0.29, 0.717) is 12.0 Å². The second-order valence-corrected chi connectivity index (χ2v) is 2.97. The molecule has 80 valence electrons. The third kappa shape index (κ3) is 3.60. The van der Waals surface area contributed by atoms with Gasteiger partial charge in [0.25, 0.3) is 0 Å². The van der Waals surface area contributed by atoms with Crippen molar-refractivity contribution in [3.63, 3.8) is 0 Å². The highest BCUT2D eigenvalue weighted by molar-refractivity contribution is 5.97. The molecule has 0 aromatic rings. The maximum absolute atomic E-state index is 11.3. The average molecular weight is 200 g/mol. The normalized spacial score (nSPS) is 13.5. The van der Waals surface area contributed by atoms with Gasteiger partial charge in [0.1, 0.15) is 0 Å². The molecule has 0 aliphatic carbocycles. The van der Waals surface area contributed by atoms with Crippen LogP contribution in [0.15, 0.2) is 11.6 Å². The molecule has 1 atom stereocenters. The Kier molecular flexibility index (Phi) is 5.60. The van der Waals surface area contributed by atoms with Crippen LogP contribution < -0.4 is 0 Å². The Morgan fingerprint density at radius 2 is 2.07 bits per heavy atom. The quantitative estimate of drug-likeness (QED) is 0.416. The van der Waals surface area contributed by atoms with Crippen molar-refractivity contribution >= 4 is 11.9 Å². The van der Waals surface area contributed by atoms with Crippen molar-refractivity contribution in [3.8, 4) is 0 Å². The van der Waals surface area contributed by atoms with Gasteiger partial charge in [-0.2, -0.15) is 0 Å². The summed E-state index contributed by atoms with van der Waals surface area (Å²) in [4.78, 5) is 22.1. The van der Waals surface area contributed by atoms with E-state index in [1.807, 2.05) is 6.92 Å². The van der Waals surface area contributed by atoms with Gasteiger partial charge in [-0.25, -0.2) is 0 Å². The predicted molar refractivity (Wildman–Crippen MR) is 51.8 cm³/mol. The number of esters is 1. The summed E-state index contributed by atoms with van der Waals surface area (Å²) in [7, 11) is 0. The average Bonchev–Trinajstić information content (AvgIpc) is 2.14. The summed E-state index contributed by atoms with van der Waals surface area (Å²) in [5, 5.41) is 8.80. The summed E-state index contributed by atoms with van der Waals surface area (Å²) in [6.45, 7) is 5.41. The number of ether oxygens (including phenoxy) is 1. The smallest absolute Gasteiger partial charge is 0.324 e. The van der Waals surface area contributed by atoms with Crippen molar-refractivity contribution < 1.29 is 19.4 Å². The van der Waals surface area contributed by atoms with Crippen LogP contribution in [-0.4, -0.2) is 23.7 Å². The van der Waals surface area contributed by atoms with Gasteiger partial charge in [-0.3, -0.25) is 9.59 Å². The minimum atomic E-state index is -1.17. The van der Waals surface area contributed by atoms with Crippen LogP contribution in [0.1, 0.15) is 27.2 Å². The molecule has 0 bridgehead atoms. The van der Waals surface area contributed by atoms with Crippen LogP contribution in [0.3, 0.4) is 0 Å². The molecule has 4 nitrogen and oxygen atoms in total. The number of carbonyl (C=O) groups is 2. The summed E-state index contributed by atoms with van der Waals surface area (Å²) in [5.74, 6) is -3.01. The molecule has 0 aromatic heterocycles. The standard InChI is InChI=1S/C10H16O4/c1-4-6-14-10(13)8(9(11)12)7(3)5-2/h5,8H,4,6H2,1-3H3,(H,11,12)/b7-5-. The number of hydrogen-bond acceptors (Lipinski definition) is 3. The van der Waals surface area contributed by atoms with E-state index in [9.17, 15) is 9.59 Å². The lowest BCUT2D eigenvalue weighted by molar-refractivity contribution is -0.156. The van der Waals surface area contributed by atoms with Crippen LogP contribution in [0.25, 0.3) is 0 Å². The molecule has 0 heterocycles. The molecule has 4 heteroatoms. The molecule has 1 N–H and O–H groups in total. The van der Waals surface area contributed by atoms with Crippen LogP contribution in [0, 0.1) is 5.92 Å². The molecule has 0 saturated carbocycles. The fourth-order valence-corrected chi connectivity index (χ4v) is 0.934. The molecule has 0 radical (unpaired) electrons. The summed E-state index contributed by atoms with van der Waals surface area (Å²) in [5.41, 5.74) is 0.499. The zero-order chi connectivity index (χ0) is 11.1. The molecular weight excluding hydrogens is 184 g/mol. The van der Waals surface area contributed by atoms with Crippen LogP contribution in [0.2, 0.25) is 0 Å². The molecule has 0 aliphatic heterocycles. The largest absolute Gasteiger partial charge is 0.480 e. The maximum atomic E-state index is 11.3. The number of hydrogen-bond donors (Lipinski definition) is 1. The number of allylic oxidation sites excluding steroid dienone is 1. The SMILES string of the molecule is C/C=C(/C)C(C(=O)O)C(=O)OCCC. The number of rotatable bonds is 5. The summed E-state index contributed by atoms with van der Waals surface area (Å²) in [6, 6.07) is 0. The summed E-state index contributed by atoms with van der Waals surface area (Å²) < 4.78 is 4.78. The lowest BCUT2D eigenvalue weighted by Gasteiger charge is -2.11. The molecule has 0 amide bonds. The highest BCUT2D eigenvalue weighted by Crippen LogP contribution is 2.12. The van der Waals surface area contributed by atoms with Crippen molar-refractivity contribution in [2.45, 2.75) is 27.2 Å². The van der Waals surface area contributed by atoms with Gasteiger partial charge >= 0.3 is 11.9 Å². The first-order chi connectivity index (χ1) is 6.54. The van der Waals surface area contributed by atoms with E-state index in [0.717, 1.165) is 0 Å². The molecule has 0 rings (SSSR count). The van der Waals surface area contributed by atoms with Gasteiger partial charge in [0.15, 0.2) is 5.92 Å². The first kappa shape index (κ1) is 12.7. The third-order valence-electron chi connectivity index (χ3n) is 1.84. The minimum Gasteiger partial charge on any atom is -0.480 e. The van der Waals surface area contributed by atoms with Gasteiger partial charge in [0.2, 0.25) is 0 Å². The molecule has 0 spiro atoms. The van der Waals surface area contributed by atoms with Gasteiger partial charge in [0, 0.05) is 0 Å². The van der Waals surface area contributed by atoms with Crippen molar-refractivity contribution in [1.82, 2.24) is 0 Å². The van der Waals surface area contributed by atoms with Crippen LogP contribution in [0.4, 0.5) is 0 Å². The summed E-state index contributed by atoms with van der Waals surface area (Å²) >= 11 is 0. The number of carboxylic acids is 1. The molecule has 0 fully saturated rings. The zero-order valence-electron chi connectivity index (χ0n) is 8.74. The van der Waals surface area contributed by atoms with Crippen molar-refractivity contribution in [3.05, 3.63) is 11.6 Å². The van der Waals surface area contributed by atoms with E-state index in [1.54, 1.807) is 19.9 Å². The maximum Gasteiger partial charge on any atom is 0.324 e. The topological polar surface area (TPSA) is 63.6 Å². The van der Waals surface area contributed by atoms with Crippen molar-refractivity contribution in [1.29, 1.82) is 0 Å². The number of aliphatic carboxylic acids is 1. The van der Waals surface area contributed by atoms with Crippen LogP contribution in [-0.2, 0) is 14.3 Å². The Labute approximate surface area is 83.6 Å². The molecule has 0 saturated heterocycles. The van der Waals surface area contributed by atoms with E-state index in [4.69, 9.17) is 9.84 Å². The molecule has 0 aromatic carbocycles. The van der Waals surface area contributed by atoms with E-state index < -0.39 is 17.9 Å². The first-order valence-corrected chi connectivity index (χ1v) is 4.56. The van der Waals surface area contributed by atoms with Crippen molar-refractivity contribution in [2.24, 2.45) is 5.92 Å². The molecular formula is C10H16O4. The molecule has 0 aliphatic rings. The van der Waals surface area contributed by atoms with E-state index in [1.165, 1.54) is 0 Å². The second kappa shape index (κ2) is 6.18. The number of carboxylic acid groups (broad SMARTS) is 1. The molecule has 14 heavy (non-hydrogen) atoms. The first-order valence-electron chi connectivity index (χ1n) is 4.56. The van der Waals surface area contributed by atoms with Gasteiger partial charge < -0.3 is 9.84 Å². The third-order valence-corrected chi connectivity index (χ3v) is 1.84. The van der Waals surface area contributed by atoms with E-state index in [-0.39, 0.29) is 6.61 Å². The van der Waals surface area contributed by atoms with Crippen LogP contribution >= 0.6 is 0 Å². The lowest BCUT2D eigenvalue weighted by Crippen LogP contribution is -2.27. The zero-order valence-corrected chi connectivity index (χ0v) is 8.74. The Balaban J connectivity index is 4.51. The number of carbonyl (C=O) groups excluding carboxylic acids is 1. The van der Waals surface area contributed by atoms with Gasteiger partial charge in [0.05, 0.1) is 6.61 Å². The van der Waals surface area contributed by atoms with Crippen LogP contribution in [0.5, 0.6) is 0 Å². The van der Waals surface area contributed by atoms with Gasteiger partial charge in [-0.15, -0.1) is 0 Å². The lowest BCUT2D eigenvalue weighted by atomic mass is 10.0. The van der Waals surface area contributed by atoms with Gasteiger partial charge in [-0.05, 0) is 20.3 Å². The minimum absolute atomic E-state index is 0.263. The Morgan fingerprint density at radius 3 is 2.43 bits per heavy atom. The fourth-order valence-electron chi connectivity index (χ4n) is 0.934.